The van der Waals surface area contributed by atoms with E-state index in [9.17, 15) is 4.39 Å². The van der Waals surface area contributed by atoms with Crippen molar-refractivity contribution in [1.82, 2.24) is 4.90 Å². The van der Waals surface area contributed by atoms with Crippen molar-refractivity contribution in [2.75, 3.05) is 13.1 Å². The van der Waals surface area contributed by atoms with Crippen molar-refractivity contribution < 1.29 is 9.13 Å². The van der Waals surface area contributed by atoms with E-state index < -0.39 is 0 Å². The first-order valence-electron chi connectivity index (χ1n) is 6.41. The van der Waals surface area contributed by atoms with Gasteiger partial charge in [0.1, 0.15) is 10.8 Å². The molecule has 104 valence electrons. The van der Waals surface area contributed by atoms with Gasteiger partial charge in [-0.05, 0) is 31.5 Å². The Balaban J connectivity index is 2.16. The summed E-state index contributed by atoms with van der Waals surface area (Å²) in [7, 11) is 0. The van der Waals surface area contributed by atoms with Crippen molar-refractivity contribution in [3.05, 3.63) is 35.1 Å². The van der Waals surface area contributed by atoms with E-state index in [1.165, 1.54) is 12.1 Å². The number of nitrogens with zero attached hydrogens (tertiary/aromatic N) is 1. The van der Waals surface area contributed by atoms with E-state index in [1.54, 1.807) is 6.07 Å². The second-order valence-corrected chi connectivity index (χ2v) is 5.56. The minimum atomic E-state index is -0.310. The van der Waals surface area contributed by atoms with E-state index >= 15 is 0 Å². The largest absolute Gasteiger partial charge is 0.389 e. The van der Waals surface area contributed by atoms with Crippen molar-refractivity contribution in [2.45, 2.75) is 32.6 Å². The minimum absolute atomic E-state index is 0.206. The zero-order valence-corrected chi connectivity index (χ0v) is 12.0. The van der Waals surface area contributed by atoms with Crippen molar-refractivity contribution in [3.8, 4) is 0 Å². The normalized spacial score (nSPS) is 24.4. The number of nitrogens with two attached hydrogens (primary N) is 1. The summed E-state index contributed by atoms with van der Waals surface area (Å²) in [4.78, 5) is 2.53. The third-order valence-corrected chi connectivity index (χ3v) is 3.45. The van der Waals surface area contributed by atoms with Crippen LogP contribution in [0.25, 0.3) is 0 Å². The molecule has 1 aromatic rings. The molecular weight excluding hydrogens is 263 g/mol. The van der Waals surface area contributed by atoms with Crippen LogP contribution in [0.5, 0.6) is 0 Å². The molecule has 0 aliphatic carbocycles. The Kier molecular flexibility index (Phi) is 4.50. The highest BCUT2D eigenvalue weighted by atomic mass is 32.1. The molecule has 1 aliphatic rings. The lowest BCUT2D eigenvalue weighted by molar-refractivity contribution is -0.0705. The van der Waals surface area contributed by atoms with Crippen LogP contribution in [-0.4, -0.2) is 35.2 Å². The Morgan fingerprint density at radius 2 is 2.05 bits per heavy atom. The summed E-state index contributed by atoms with van der Waals surface area (Å²) in [6.45, 7) is 6.55. The molecule has 0 saturated carbocycles. The Morgan fingerprint density at radius 1 is 1.42 bits per heavy atom. The Hall–Kier alpha value is -1.04. The molecule has 1 heterocycles. The highest BCUT2D eigenvalue weighted by Crippen LogP contribution is 2.18. The lowest BCUT2D eigenvalue weighted by Gasteiger charge is -2.35. The van der Waals surface area contributed by atoms with Gasteiger partial charge in [-0.2, -0.15) is 0 Å². The fourth-order valence-corrected chi connectivity index (χ4v) is 2.76. The van der Waals surface area contributed by atoms with Gasteiger partial charge in [-0.3, -0.25) is 4.90 Å². The van der Waals surface area contributed by atoms with Crippen LogP contribution in [0, 0.1) is 5.82 Å². The molecule has 0 amide bonds. The van der Waals surface area contributed by atoms with Crippen molar-refractivity contribution in [2.24, 2.45) is 5.73 Å². The fraction of sp³-hybridized carbons (Fsp3) is 0.500. The molecule has 2 atom stereocenters. The molecule has 2 N–H and O–H groups in total. The summed E-state index contributed by atoms with van der Waals surface area (Å²) >= 11 is 4.99. The zero-order valence-electron chi connectivity index (χ0n) is 11.2. The average Bonchev–Trinajstić information content (AvgIpc) is 2.30. The molecule has 2 rings (SSSR count). The fourth-order valence-electron chi connectivity index (χ4n) is 2.57. The summed E-state index contributed by atoms with van der Waals surface area (Å²) < 4.78 is 19.0. The second kappa shape index (κ2) is 5.94. The molecule has 1 aromatic carbocycles. The number of morpholine rings is 1. The number of ether oxygens (including phenoxy) is 1. The SMILES string of the molecule is CC1CN(Cc2ccc(F)cc2C(N)=S)CC(C)O1. The third-order valence-electron chi connectivity index (χ3n) is 3.23. The number of thiocarbonyl (C=S) groups is 1. The molecule has 1 fully saturated rings. The molecular formula is C14H19FN2OS. The van der Waals surface area contributed by atoms with E-state index in [0.29, 0.717) is 12.1 Å². The number of rotatable bonds is 3. The smallest absolute Gasteiger partial charge is 0.123 e. The number of benzene rings is 1. The van der Waals surface area contributed by atoms with Crippen molar-refractivity contribution >= 4 is 17.2 Å². The van der Waals surface area contributed by atoms with Crippen LogP contribution in [0.15, 0.2) is 18.2 Å². The molecule has 0 aromatic heterocycles. The van der Waals surface area contributed by atoms with Gasteiger partial charge in [0.25, 0.3) is 0 Å². The van der Waals surface area contributed by atoms with Gasteiger partial charge < -0.3 is 10.5 Å². The van der Waals surface area contributed by atoms with Crippen LogP contribution in [-0.2, 0) is 11.3 Å². The predicted octanol–water partition coefficient (Wildman–Crippen LogP) is 2.07. The van der Waals surface area contributed by atoms with Crippen LogP contribution in [0.2, 0.25) is 0 Å². The summed E-state index contributed by atoms with van der Waals surface area (Å²) in [6, 6.07) is 4.62. The molecule has 1 aliphatic heterocycles. The Morgan fingerprint density at radius 3 is 2.63 bits per heavy atom. The molecule has 3 nitrogen and oxygen atoms in total. The van der Waals surface area contributed by atoms with Gasteiger partial charge in [0, 0.05) is 25.2 Å². The van der Waals surface area contributed by atoms with Gasteiger partial charge in [0.2, 0.25) is 0 Å². The van der Waals surface area contributed by atoms with Crippen LogP contribution in [0.1, 0.15) is 25.0 Å². The van der Waals surface area contributed by atoms with E-state index in [0.717, 1.165) is 18.7 Å². The summed E-state index contributed by atoms with van der Waals surface area (Å²) in [5, 5.41) is 0. The van der Waals surface area contributed by atoms with Gasteiger partial charge in [-0.1, -0.05) is 18.3 Å². The predicted molar refractivity (Wildman–Crippen MR) is 77.6 cm³/mol. The monoisotopic (exact) mass is 282 g/mol. The van der Waals surface area contributed by atoms with Crippen LogP contribution >= 0.6 is 12.2 Å². The first-order valence-corrected chi connectivity index (χ1v) is 6.82. The van der Waals surface area contributed by atoms with E-state index in [2.05, 4.69) is 18.7 Å². The molecule has 19 heavy (non-hydrogen) atoms. The first kappa shape index (κ1) is 14.4. The minimum Gasteiger partial charge on any atom is -0.389 e. The molecule has 5 heteroatoms. The van der Waals surface area contributed by atoms with Gasteiger partial charge in [-0.25, -0.2) is 4.39 Å². The molecule has 0 radical (unpaired) electrons. The van der Waals surface area contributed by atoms with Gasteiger partial charge in [0.15, 0.2) is 0 Å². The van der Waals surface area contributed by atoms with E-state index in [-0.39, 0.29) is 23.0 Å². The molecule has 0 spiro atoms. The van der Waals surface area contributed by atoms with Crippen molar-refractivity contribution in [3.63, 3.8) is 0 Å². The number of hydrogen-bond acceptors (Lipinski definition) is 3. The average molecular weight is 282 g/mol. The lowest BCUT2D eigenvalue weighted by Crippen LogP contribution is -2.45. The van der Waals surface area contributed by atoms with Crippen LogP contribution in [0.3, 0.4) is 0 Å². The number of halogens is 1. The first-order chi connectivity index (χ1) is 8.95. The molecule has 1 saturated heterocycles. The zero-order chi connectivity index (χ0) is 14.0. The van der Waals surface area contributed by atoms with Gasteiger partial charge in [0.05, 0.1) is 12.2 Å². The Bertz CT molecular complexity index is 471. The summed E-state index contributed by atoms with van der Waals surface area (Å²) in [6.07, 6.45) is 0.412. The number of hydrogen-bond donors (Lipinski definition) is 1. The van der Waals surface area contributed by atoms with Gasteiger partial charge >= 0.3 is 0 Å². The maximum Gasteiger partial charge on any atom is 0.123 e. The molecule has 2 unspecified atom stereocenters. The summed E-state index contributed by atoms with van der Waals surface area (Å²) in [5.74, 6) is -0.310. The second-order valence-electron chi connectivity index (χ2n) is 5.12. The highest BCUT2D eigenvalue weighted by Gasteiger charge is 2.23. The van der Waals surface area contributed by atoms with E-state index in [1.807, 2.05) is 0 Å². The third kappa shape index (κ3) is 3.72. The lowest BCUT2D eigenvalue weighted by atomic mass is 10.1. The maximum absolute atomic E-state index is 13.3. The quantitative estimate of drug-likeness (QED) is 0.861. The topological polar surface area (TPSA) is 38.5 Å². The molecule has 0 bridgehead atoms. The summed E-state index contributed by atoms with van der Waals surface area (Å²) in [5.41, 5.74) is 7.26. The highest BCUT2D eigenvalue weighted by molar-refractivity contribution is 7.80. The standard InChI is InChI=1S/C14H19FN2OS/c1-9-6-17(7-10(2)18-9)8-11-3-4-12(15)5-13(11)14(16)19/h3-5,9-10H,6-8H2,1-2H3,(H2,16,19). The Labute approximate surface area is 118 Å². The van der Waals surface area contributed by atoms with Crippen molar-refractivity contribution in [1.29, 1.82) is 0 Å². The van der Waals surface area contributed by atoms with Gasteiger partial charge in [-0.15, -0.1) is 0 Å². The van der Waals surface area contributed by atoms with Crippen LogP contribution < -0.4 is 5.73 Å². The van der Waals surface area contributed by atoms with E-state index in [4.69, 9.17) is 22.7 Å². The van der Waals surface area contributed by atoms with Crippen LogP contribution in [0.4, 0.5) is 4.39 Å². The maximum atomic E-state index is 13.3.